The van der Waals surface area contributed by atoms with Crippen LogP contribution >= 0.6 is 0 Å². The fourth-order valence-corrected chi connectivity index (χ4v) is 6.41. The van der Waals surface area contributed by atoms with Gasteiger partial charge in [0.15, 0.2) is 0 Å². The van der Waals surface area contributed by atoms with Crippen molar-refractivity contribution in [3.63, 3.8) is 0 Å². The number of hydrogen-bond donors (Lipinski definition) is 0. The van der Waals surface area contributed by atoms with Crippen LogP contribution in [0.2, 0.25) is 0 Å². The Hall–Kier alpha value is -2.62. The maximum absolute atomic E-state index is 12.9. The first kappa shape index (κ1) is 20.3. The van der Waals surface area contributed by atoms with Crippen molar-refractivity contribution in [2.45, 2.75) is 51.7 Å². The molecule has 2 aromatic carbocycles. The molecule has 2 aromatic rings. The molecule has 6 unspecified atom stereocenters. The molecule has 0 aromatic heterocycles. The van der Waals surface area contributed by atoms with Gasteiger partial charge in [-0.25, -0.2) is 9.59 Å². The highest BCUT2D eigenvalue weighted by Crippen LogP contribution is 2.61. The average Bonchev–Trinajstić information content (AvgIpc) is 3.30. The van der Waals surface area contributed by atoms with Crippen molar-refractivity contribution in [2.24, 2.45) is 29.1 Å². The minimum atomic E-state index is -0.375. The molecule has 0 amide bonds. The summed E-state index contributed by atoms with van der Waals surface area (Å²) >= 11 is 0. The van der Waals surface area contributed by atoms with Crippen LogP contribution in [0.15, 0.2) is 60.7 Å². The van der Waals surface area contributed by atoms with Crippen molar-refractivity contribution in [3.05, 3.63) is 71.8 Å². The van der Waals surface area contributed by atoms with E-state index in [-0.39, 0.29) is 36.0 Å². The Morgan fingerprint density at radius 2 is 1.23 bits per heavy atom. The zero-order valence-corrected chi connectivity index (χ0v) is 18.2. The average molecular weight is 419 g/mol. The molecule has 6 atom stereocenters. The van der Waals surface area contributed by atoms with Crippen LogP contribution in [-0.2, 0) is 9.47 Å². The molecule has 0 radical (unpaired) electrons. The largest absolute Gasteiger partial charge is 0.455 e. The highest BCUT2D eigenvalue weighted by atomic mass is 16.6. The first-order chi connectivity index (χ1) is 14.9. The van der Waals surface area contributed by atoms with Crippen LogP contribution in [0.3, 0.4) is 0 Å². The summed E-state index contributed by atoms with van der Waals surface area (Å²) in [5.41, 5.74) is 1.40. The first-order valence-electron chi connectivity index (χ1n) is 11.4. The summed E-state index contributed by atoms with van der Waals surface area (Å²) < 4.78 is 12.1. The quantitative estimate of drug-likeness (QED) is 0.613. The Balaban J connectivity index is 1.40. The predicted octanol–water partition coefficient (Wildman–Crippen LogP) is 5.53. The minimum absolute atomic E-state index is 0.260. The van der Waals surface area contributed by atoms with Crippen LogP contribution in [0.1, 0.15) is 60.2 Å². The third-order valence-corrected chi connectivity index (χ3v) is 7.81. The Morgan fingerprint density at radius 3 is 1.74 bits per heavy atom. The third-order valence-electron chi connectivity index (χ3n) is 7.81. The van der Waals surface area contributed by atoms with Crippen molar-refractivity contribution < 1.29 is 19.1 Å². The number of ether oxygens (including phenoxy) is 2. The van der Waals surface area contributed by atoms with Gasteiger partial charge >= 0.3 is 11.9 Å². The molecule has 0 spiro atoms. The van der Waals surface area contributed by atoms with E-state index >= 15 is 0 Å². The number of hydrogen-bond acceptors (Lipinski definition) is 4. The summed E-state index contributed by atoms with van der Waals surface area (Å²) in [6.07, 6.45) is 3.75. The summed E-state index contributed by atoms with van der Waals surface area (Å²) in [7, 11) is 0. The number of carbonyl (C=O) groups excluding carboxylic acids is 2. The summed E-state index contributed by atoms with van der Waals surface area (Å²) in [5.74, 6) is 0.965. The molecule has 3 aliphatic rings. The molecule has 3 saturated carbocycles. The van der Waals surface area contributed by atoms with E-state index in [1.807, 2.05) is 36.4 Å². The maximum atomic E-state index is 12.9. The van der Waals surface area contributed by atoms with Crippen molar-refractivity contribution in [1.29, 1.82) is 0 Å². The molecule has 5 rings (SSSR count). The summed E-state index contributed by atoms with van der Waals surface area (Å²) in [4.78, 5) is 25.8. The summed E-state index contributed by atoms with van der Waals surface area (Å²) in [5, 5.41) is 0. The van der Waals surface area contributed by atoms with Crippen LogP contribution in [0.25, 0.3) is 0 Å². The van der Waals surface area contributed by atoms with Crippen LogP contribution < -0.4 is 0 Å². The predicted molar refractivity (Wildman–Crippen MR) is 118 cm³/mol. The molecule has 31 heavy (non-hydrogen) atoms. The van der Waals surface area contributed by atoms with Crippen LogP contribution in [-0.4, -0.2) is 24.1 Å². The molecule has 4 nitrogen and oxygen atoms in total. The molecular weight excluding hydrogens is 388 g/mol. The van der Waals surface area contributed by atoms with Crippen molar-refractivity contribution in [2.75, 3.05) is 0 Å². The lowest BCUT2D eigenvalue weighted by atomic mass is 9.61. The van der Waals surface area contributed by atoms with Gasteiger partial charge < -0.3 is 9.47 Å². The van der Waals surface area contributed by atoms with Gasteiger partial charge in [-0.3, -0.25) is 0 Å². The normalized spacial score (nSPS) is 32.8. The van der Waals surface area contributed by atoms with E-state index in [9.17, 15) is 9.59 Å². The lowest BCUT2D eigenvalue weighted by Gasteiger charge is -2.47. The van der Waals surface area contributed by atoms with Gasteiger partial charge in [-0.1, -0.05) is 50.2 Å². The van der Waals surface area contributed by atoms with Gasteiger partial charge in [0.1, 0.15) is 12.2 Å². The molecule has 0 N–H and O–H groups in total. The van der Waals surface area contributed by atoms with E-state index in [4.69, 9.17) is 9.47 Å². The summed E-state index contributed by atoms with van der Waals surface area (Å²) in [6.45, 7) is 4.68. The fraction of sp³-hybridized carbons (Fsp3) is 0.481. The van der Waals surface area contributed by atoms with Crippen molar-refractivity contribution in [3.8, 4) is 0 Å². The van der Waals surface area contributed by atoms with Crippen LogP contribution in [0, 0.1) is 29.1 Å². The van der Waals surface area contributed by atoms with Gasteiger partial charge in [-0.15, -0.1) is 0 Å². The van der Waals surface area contributed by atoms with E-state index in [1.54, 1.807) is 24.3 Å². The van der Waals surface area contributed by atoms with E-state index in [2.05, 4.69) is 13.8 Å². The zero-order valence-electron chi connectivity index (χ0n) is 18.2. The van der Waals surface area contributed by atoms with Crippen molar-refractivity contribution >= 4 is 11.9 Å². The number of fused-ring (bicyclic) bond motifs is 5. The maximum Gasteiger partial charge on any atom is 0.338 e. The lowest BCUT2D eigenvalue weighted by Crippen LogP contribution is -2.49. The van der Waals surface area contributed by atoms with Gasteiger partial charge in [0.2, 0.25) is 0 Å². The molecule has 4 heteroatoms. The molecule has 3 fully saturated rings. The second-order valence-corrected chi connectivity index (χ2v) is 10.3. The Labute approximate surface area is 183 Å². The Kier molecular flexibility index (Phi) is 5.11. The van der Waals surface area contributed by atoms with E-state index < -0.39 is 0 Å². The first-order valence-corrected chi connectivity index (χ1v) is 11.4. The molecule has 2 bridgehead atoms. The number of benzene rings is 2. The zero-order chi connectivity index (χ0) is 21.6. The molecule has 3 aliphatic carbocycles. The Bertz CT molecular complexity index is 952. The van der Waals surface area contributed by atoms with E-state index in [0.29, 0.717) is 28.4 Å². The number of esters is 2. The molecular formula is C27H30O4. The summed E-state index contributed by atoms with van der Waals surface area (Å²) in [6, 6.07) is 18.2. The smallest absolute Gasteiger partial charge is 0.338 e. The number of carbonyl (C=O) groups is 2. The van der Waals surface area contributed by atoms with Gasteiger partial charge in [-0.05, 0) is 67.2 Å². The van der Waals surface area contributed by atoms with E-state index in [1.165, 1.54) is 6.42 Å². The third kappa shape index (κ3) is 3.77. The molecule has 0 saturated heterocycles. The number of rotatable bonds is 4. The standard InChI is InChI=1S/C27H30O4/c1-27(2)14-13-19-20-15-21(22(19)16-27)24(31-26(29)18-11-7-4-8-12-18)23(20)30-25(28)17-9-5-3-6-10-17/h3-12,19-24H,13-16H2,1-2H3. The van der Waals surface area contributed by atoms with Gasteiger partial charge in [0.05, 0.1) is 11.1 Å². The van der Waals surface area contributed by atoms with E-state index in [0.717, 1.165) is 19.3 Å². The van der Waals surface area contributed by atoms with Crippen LogP contribution in [0.4, 0.5) is 0 Å². The van der Waals surface area contributed by atoms with Gasteiger partial charge in [0, 0.05) is 11.8 Å². The SMILES string of the molecule is CC1(C)CCC2C(C1)C1CC2C(OC(=O)c2ccccc2)C1OC(=O)c1ccccc1. The highest BCUT2D eigenvalue weighted by Gasteiger charge is 2.62. The van der Waals surface area contributed by atoms with Crippen LogP contribution in [0.5, 0.6) is 0 Å². The monoisotopic (exact) mass is 418 g/mol. The second kappa shape index (κ2) is 7.81. The van der Waals surface area contributed by atoms with Gasteiger partial charge in [-0.2, -0.15) is 0 Å². The molecule has 162 valence electrons. The Morgan fingerprint density at radius 1 is 0.742 bits per heavy atom. The second-order valence-electron chi connectivity index (χ2n) is 10.3. The fourth-order valence-electron chi connectivity index (χ4n) is 6.41. The minimum Gasteiger partial charge on any atom is -0.455 e. The molecule has 0 heterocycles. The van der Waals surface area contributed by atoms with Gasteiger partial charge in [0.25, 0.3) is 0 Å². The highest BCUT2D eigenvalue weighted by molar-refractivity contribution is 5.90. The topological polar surface area (TPSA) is 52.6 Å². The molecule has 0 aliphatic heterocycles. The van der Waals surface area contributed by atoms with Crippen molar-refractivity contribution in [1.82, 2.24) is 0 Å². The lowest BCUT2D eigenvalue weighted by molar-refractivity contribution is -0.0960.